The van der Waals surface area contributed by atoms with Crippen molar-refractivity contribution >= 4 is 23.3 Å². The molecule has 1 aromatic carbocycles. The van der Waals surface area contributed by atoms with Crippen LogP contribution in [0.25, 0.3) is 0 Å². The maximum atomic E-state index is 11.3. The molecule has 5 heteroatoms. The Bertz CT molecular complexity index is 446. The van der Waals surface area contributed by atoms with Crippen molar-refractivity contribution in [2.75, 3.05) is 17.2 Å². The number of rotatable bonds is 6. The van der Waals surface area contributed by atoms with Crippen LogP contribution in [0.1, 0.15) is 27.2 Å². The second-order valence-corrected chi connectivity index (χ2v) is 4.32. The first kappa shape index (κ1) is 15.0. The van der Waals surface area contributed by atoms with Crippen molar-refractivity contribution in [3.8, 4) is 0 Å². The lowest BCUT2D eigenvalue weighted by atomic mass is 10.2. The molecule has 1 aromatic rings. The molecule has 5 nitrogen and oxygen atoms in total. The number of nitrogens with one attached hydrogen (secondary N) is 2. The average molecular weight is 264 g/mol. The highest BCUT2D eigenvalue weighted by atomic mass is 16.5. The molecule has 0 aliphatic rings. The van der Waals surface area contributed by atoms with Gasteiger partial charge in [-0.15, -0.1) is 0 Å². The highest BCUT2D eigenvalue weighted by molar-refractivity contribution is 5.89. The van der Waals surface area contributed by atoms with Gasteiger partial charge in [-0.25, -0.2) is 0 Å². The van der Waals surface area contributed by atoms with E-state index in [4.69, 9.17) is 4.74 Å². The maximum absolute atomic E-state index is 11.3. The first-order valence-electron chi connectivity index (χ1n) is 6.31. The Kier molecular flexibility index (Phi) is 5.85. The third-order valence-corrected chi connectivity index (χ3v) is 2.37. The number of benzene rings is 1. The molecule has 0 heterocycles. The van der Waals surface area contributed by atoms with Gasteiger partial charge >= 0.3 is 5.97 Å². The van der Waals surface area contributed by atoms with E-state index in [1.54, 1.807) is 6.92 Å². The van der Waals surface area contributed by atoms with E-state index in [1.807, 2.05) is 31.2 Å². The van der Waals surface area contributed by atoms with Crippen LogP contribution in [-0.2, 0) is 14.3 Å². The van der Waals surface area contributed by atoms with Crippen molar-refractivity contribution < 1.29 is 14.3 Å². The lowest BCUT2D eigenvalue weighted by Gasteiger charge is -2.15. The summed E-state index contributed by atoms with van der Waals surface area (Å²) >= 11 is 0. The predicted octanol–water partition coefficient (Wildman–Crippen LogP) is 2.40. The molecule has 1 unspecified atom stereocenters. The van der Waals surface area contributed by atoms with Gasteiger partial charge in [0.1, 0.15) is 0 Å². The lowest BCUT2D eigenvalue weighted by molar-refractivity contribution is -0.143. The summed E-state index contributed by atoms with van der Waals surface area (Å²) in [5, 5.41) is 5.90. The van der Waals surface area contributed by atoms with Crippen molar-refractivity contribution in [1.29, 1.82) is 0 Å². The fraction of sp³-hybridized carbons (Fsp3) is 0.429. The molecular weight excluding hydrogens is 244 g/mol. The summed E-state index contributed by atoms with van der Waals surface area (Å²) in [7, 11) is 0. The molecule has 0 saturated heterocycles. The Morgan fingerprint density at radius 3 is 2.63 bits per heavy atom. The van der Waals surface area contributed by atoms with E-state index in [0.717, 1.165) is 11.4 Å². The summed E-state index contributed by atoms with van der Waals surface area (Å²) in [5.74, 6) is -0.336. The summed E-state index contributed by atoms with van der Waals surface area (Å²) < 4.78 is 4.89. The number of esters is 1. The highest BCUT2D eigenvalue weighted by Crippen LogP contribution is 2.16. The normalized spacial score (nSPS) is 11.5. The van der Waals surface area contributed by atoms with E-state index in [2.05, 4.69) is 10.6 Å². The zero-order valence-electron chi connectivity index (χ0n) is 11.5. The second-order valence-electron chi connectivity index (χ2n) is 4.32. The van der Waals surface area contributed by atoms with Crippen LogP contribution < -0.4 is 10.6 Å². The Labute approximate surface area is 113 Å². The van der Waals surface area contributed by atoms with Gasteiger partial charge in [0.15, 0.2) is 0 Å². The summed E-state index contributed by atoms with van der Waals surface area (Å²) in [6.45, 7) is 5.54. The monoisotopic (exact) mass is 264 g/mol. The van der Waals surface area contributed by atoms with E-state index in [0.29, 0.717) is 13.0 Å². The molecule has 0 radical (unpaired) electrons. The number of carbonyl (C=O) groups excluding carboxylic acids is 2. The average Bonchev–Trinajstić information content (AvgIpc) is 2.28. The maximum Gasteiger partial charge on any atom is 0.307 e. The third-order valence-electron chi connectivity index (χ3n) is 2.37. The van der Waals surface area contributed by atoms with Crippen LogP contribution >= 0.6 is 0 Å². The number of anilines is 2. The molecule has 0 aliphatic heterocycles. The molecule has 19 heavy (non-hydrogen) atoms. The summed E-state index contributed by atoms with van der Waals surface area (Å²) in [5.41, 5.74) is 1.57. The fourth-order valence-corrected chi connectivity index (χ4v) is 1.70. The van der Waals surface area contributed by atoms with Crippen LogP contribution in [0.3, 0.4) is 0 Å². The fourth-order valence-electron chi connectivity index (χ4n) is 1.70. The molecule has 1 amide bonds. The second kappa shape index (κ2) is 7.41. The van der Waals surface area contributed by atoms with Crippen LogP contribution in [-0.4, -0.2) is 24.5 Å². The number of amides is 1. The Morgan fingerprint density at radius 2 is 2.00 bits per heavy atom. The van der Waals surface area contributed by atoms with Gasteiger partial charge in [0.2, 0.25) is 5.91 Å². The molecule has 0 fully saturated rings. The van der Waals surface area contributed by atoms with Crippen molar-refractivity contribution in [1.82, 2.24) is 0 Å². The van der Waals surface area contributed by atoms with E-state index < -0.39 is 0 Å². The quantitative estimate of drug-likeness (QED) is 0.774. The van der Waals surface area contributed by atoms with Crippen LogP contribution in [0.15, 0.2) is 24.3 Å². The molecule has 104 valence electrons. The number of ether oxygens (including phenoxy) is 1. The van der Waals surface area contributed by atoms with E-state index in [9.17, 15) is 9.59 Å². The molecule has 0 saturated carbocycles. The van der Waals surface area contributed by atoms with Gasteiger partial charge in [0, 0.05) is 24.3 Å². The van der Waals surface area contributed by atoms with Crippen molar-refractivity contribution in [2.45, 2.75) is 33.2 Å². The Hall–Kier alpha value is -2.04. The van der Waals surface area contributed by atoms with E-state index in [1.165, 1.54) is 6.92 Å². The molecular formula is C14H20N2O3. The van der Waals surface area contributed by atoms with Crippen LogP contribution in [0, 0.1) is 0 Å². The number of hydrogen-bond donors (Lipinski definition) is 2. The lowest BCUT2D eigenvalue weighted by Crippen LogP contribution is -2.21. The van der Waals surface area contributed by atoms with Gasteiger partial charge in [-0.1, -0.05) is 6.07 Å². The minimum absolute atomic E-state index is 0.0355. The van der Waals surface area contributed by atoms with Crippen LogP contribution in [0.5, 0.6) is 0 Å². The van der Waals surface area contributed by atoms with Crippen molar-refractivity contribution in [3.05, 3.63) is 24.3 Å². The topological polar surface area (TPSA) is 67.4 Å². The van der Waals surface area contributed by atoms with Gasteiger partial charge in [-0.2, -0.15) is 0 Å². The number of hydrogen-bond acceptors (Lipinski definition) is 4. The minimum atomic E-state index is -0.222. The molecule has 1 atom stereocenters. The SMILES string of the molecule is CCOC(=O)CC(C)Nc1cccc(NC(C)=O)c1. The predicted molar refractivity (Wildman–Crippen MR) is 75.1 cm³/mol. The Morgan fingerprint density at radius 1 is 1.32 bits per heavy atom. The molecule has 1 rings (SSSR count). The van der Waals surface area contributed by atoms with E-state index in [-0.39, 0.29) is 17.9 Å². The van der Waals surface area contributed by atoms with Crippen molar-refractivity contribution in [2.24, 2.45) is 0 Å². The number of carbonyl (C=O) groups is 2. The molecule has 0 bridgehead atoms. The minimum Gasteiger partial charge on any atom is -0.466 e. The summed E-state index contributed by atoms with van der Waals surface area (Å²) in [4.78, 5) is 22.3. The van der Waals surface area contributed by atoms with E-state index >= 15 is 0 Å². The largest absolute Gasteiger partial charge is 0.466 e. The van der Waals surface area contributed by atoms with Gasteiger partial charge in [-0.05, 0) is 32.0 Å². The van der Waals surface area contributed by atoms with Crippen LogP contribution in [0.4, 0.5) is 11.4 Å². The first-order chi connectivity index (χ1) is 9.01. The van der Waals surface area contributed by atoms with Gasteiger partial charge < -0.3 is 15.4 Å². The molecule has 0 aliphatic carbocycles. The summed E-state index contributed by atoms with van der Waals surface area (Å²) in [6, 6.07) is 7.31. The van der Waals surface area contributed by atoms with Gasteiger partial charge in [0.05, 0.1) is 13.0 Å². The van der Waals surface area contributed by atoms with Crippen LogP contribution in [0.2, 0.25) is 0 Å². The zero-order chi connectivity index (χ0) is 14.3. The molecule has 0 spiro atoms. The standard InChI is InChI=1S/C14H20N2O3/c1-4-19-14(18)8-10(2)15-12-6-5-7-13(9-12)16-11(3)17/h5-7,9-10,15H,4,8H2,1-3H3,(H,16,17). The zero-order valence-corrected chi connectivity index (χ0v) is 11.5. The summed E-state index contributed by atoms with van der Waals surface area (Å²) in [6.07, 6.45) is 0.304. The first-order valence-corrected chi connectivity index (χ1v) is 6.31. The third kappa shape index (κ3) is 5.90. The molecule has 2 N–H and O–H groups in total. The Balaban J connectivity index is 2.56. The van der Waals surface area contributed by atoms with Gasteiger partial charge in [0.25, 0.3) is 0 Å². The molecule has 0 aromatic heterocycles. The van der Waals surface area contributed by atoms with Crippen molar-refractivity contribution in [3.63, 3.8) is 0 Å². The highest BCUT2D eigenvalue weighted by Gasteiger charge is 2.09. The van der Waals surface area contributed by atoms with Gasteiger partial charge in [-0.3, -0.25) is 9.59 Å². The smallest absolute Gasteiger partial charge is 0.307 e.